The number of rotatable bonds is 4. The summed E-state index contributed by atoms with van der Waals surface area (Å²) in [7, 11) is 0. The lowest BCUT2D eigenvalue weighted by molar-refractivity contribution is 0.0238. The minimum Gasteiger partial charge on any atom is -0.371 e. The van der Waals surface area contributed by atoms with Crippen LogP contribution in [0.2, 0.25) is 0 Å². The number of ether oxygens (including phenoxy) is 1. The summed E-state index contributed by atoms with van der Waals surface area (Å²) in [4.78, 5) is 4.57. The molecule has 90 valence electrons. The molecule has 0 aliphatic carbocycles. The molecule has 0 saturated carbocycles. The molecular weight excluding hydrogens is 220 g/mol. The van der Waals surface area contributed by atoms with Gasteiger partial charge in [-0.05, 0) is 19.4 Å². The number of hydrogen-bond acceptors (Lipinski definition) is 4. The zero-order chi connectivity index (χ0) is 11.4. The van der Waals surface area contributed by atoms with Crippen LogP contribution in [-0.2, 0) is 11.3 Å². The first-order valence-corrected chi connectivity index (χ1v) is 6.90. The normalized spacial score (nSPS) is 21.6. The van der Waals surface area contributed by atoms with Crippen LogP contribution >= 0.6 is 11.3 Å². The molecule has 3 nitrogen and oxygen atoms in total. The van der Waals surface area contributed by atoms with Crippen molar-refractivity contribution in [1.82, 2.24) is 10.3 Å². The average molecular weight is 240 g/mol. The van der Waals surface area contributed by atoms with Gasteiger partial charge in [-0.25, -0.2) is 4.98 Å². The second-order valence-electron chi connectivity index (χ2n) is 4.61. The van der Waals surface area contributed by atoms with Gasteiger partial charge < -0.3 is 10.1 Å². The summed E-state index contributed by atoms with van der Waals surface area (Å²) in [6.07, 6.45) is 2.77. The highest BCUT2D eigenvalue weighted by Gasteiger charge is 2.14. The number of nitrogens with one attached hydrogen (secondary N) is 1. The SMILES string of the molecule is CC(C)c1nc(CO[C@H]2CCCNC2)cs1. The summed E-state index contributed by atoms with van der Waals surface area (Å²) < 4.78 is 5.84. The van der Waals surface area contributed by atoms with Crippen molar-refractivity contribution in [2.45, 2.75) is 45.3 Å². The summed E-state index contributed by atoms with van der Waals surface area (Å²) in [6, 6.07) is 0. The first-order valence-electron chi connectivity index (χ1n) is 6.02. The van der Waals surface area contributed by atoms with Crippen molar-refractivity contribution in [1.29, 1.82) is 0 Å². The highest BCUT2D eigenvalue weighted by atomic mass is 32.1. The molecule has 0 radical (unpaired) electrons. The second-order valence-corrected chi connectivity index (χ2v) is 5.50. The summed E-state index contributed by atoms with van der Waals surface area (Å²) >= 11 is 1.74. The molecular formula is C12H20N2OS. The van der Waals surface area contributed by atoms with Crippen molar-refractivity contribution in [3.8, 4) is 0 Å². The zero-order valence-electron chi connectivity index (χ0n) is 10.0. The third-order valence-corrected chi connectivity index (χ3v) is 3.98. The Morgan fingerprint density at radius 1 is 1.62 bits per heavy atom. The minimum atomic E-state index is 0.373. The first kappa shape index (κ1) is 12.0. The molecule has 1 N–H and O–H groups in total. The van der Waals surface area contributed by atoms with Crippen LogP contribution in [0.25, 0.3) is 0 Å². The molecule has 0 spiro atoms. The number of thiazole rings is 1. The summed E-state index contributed by atoms with van der Waals surface area (Å²) in [5.74, 6) is 0.523. The van der Waals surface area contributed by atoms with Gasteiger partial charge >= 0.3 is 0 Å². The van der Waals surface area contributed by atoms with Crippen LogP contribution < -0.4 is 5.32 Å². The Morgan fingerprint density at radius 2 is 2.50 bits per heavy atom. The van der Waals surface area contributed by atoms with Crippen LogP contribution in [0.3, 0.4) is 0 Å². The molecule has 1 fully saturated rings. The van der Waals surface area contributed by atoms with Crippen LogP contribution in [0, 0.1) is 0 Å². The molecule has 1 aromatic heterocycles. The van der Waals surface area contributed by atoms with Crippen molar-refractivity contribution in [3.05, 3.63) is 16.1 Å². The zero-order valence-corrected chi connectivity index (χ0v) is 10.8. The van der Waals surface area contributed by atoms with E-state index in [2.05, 4.69) is 29.5 Å². The summed E-state index contributed by atoms with van der Waals surface area (Å²) in [6.45, 7) is 7.13. The molecule has 1 aliphatic heterocycles. The van der Waals surface area contributed by atoms with Gasteiger partial charge in [0, 0.05) is 17.8 Å². The van der Waals surface area contributed by atoms with Gasteiger partial charge in [0.1, 0.15) is 0 Å². The summed E-state index contributed by atoms with van der Waals surface area (Å²) in [5, 5.41) is 6.68. The largest absolute Gasteiger partial charge is 0.371 e. The molecule has 2 rings (SSSR count). The van der Waals surface area contributed by atoms with Crippen LogP contribution in [0.4, 0.5) is 0 Å². The van der Waals surface area contributed by atoms with Gasteiger partial charge in [-0.3, -0.25) is 0 Å². The van der Waals surface area contributed by atoms with Crippen molar-refractivity contribution in [3.63, 3.8) is 0 Å². The lowest BCUT2D eigenvalue weighted by Gasteiger charge is -2.22. The predicted molar refractivity (Wildman–Crippen MR) is 66.9 cm³/mol. The van der Waals surface area contributed by atoms with E-state index in [1.54, 1.807) is 11.3 Å². The molecule has 1 aromatic rings. The number of hydrogen-bond donors (Lipinski definition) is 1. The van der Waals surface area contributed by atoms with E-state index in [-0.39, 0.29) is 0 Å². The molecule has 1 aliphatic rings. The van der Waals surface area contributed by atoms with E-state index in [0.717, 1.165) is 18.8 Å². The van der Waals surface area contributed by atoms with Crippen molar-refractivity contribution in [2.24, 2.45) is 0 Å². The van der Waals surface area contributed by atoms with E-state index in [0.29, 0.717) is 18.6 Å². The molecule has 0 amide bonds. The monoisotopic (exact) mass is 240 g/mol. The fraction of sp³-hybridized carbons (Fsp3) is 0.750. The van der Waals surface area contributed by atoms with E-state index in [1.807, 2.05) is 0 Å². The predicted octanol–water partition coefficient (Wildman–Crippen LogP) is 2.54. The average Bonchev–Trinajstić information content (AvgIpc) is 2.76. The van der Waals surface area contributed by atoms with E-state index < -0.39 is 0 Å². The Balaban J connectivity index is 1.79. The Hall–Kier alpha value is -0.450. The third kappa shape index (κ3) is 3.27. The van der Waals surface area contributed by atoms with Gasteiger partial charge in [0.25, 0.3) is 0 Å². The molecule has 4 heteroatoms. The number of piperidine rings is 1. The van der Waals surface area contributed by atoms with Crippen molar-refractivity contribution < 1.29 is 4.74 Å². The number of nitrogens with zero attached hydrogens (tertiary/aromatic N) is 1. The quantitative estimate of drug-likeness (QED) is 0.878. The molecule has 0 bridgehead atoms. The van der Waals surface area contributed by atoms with Crippen molar-refractivity contribution >= 4 is 11.3 Å². The second kappa shape index (κ2) is 5.75. The standard InChI is InChI=1S/C12H20N2OS/c1-9(2)12-14-10(8-16-12)7-15-11-4-3-5-13-6-11/h8-9,11,13H,3-7H2,1-2H3/t11-/m0/s1. The van der Waals surface area contributed by atoms with Gasteiger partial charge in [0.2, 0.25) is 0 Å². The van der Waals surface area contributed by atoms with Gasteiger partial charge in [-0.1, -0.05) is 13.8 Å². The Bertz CT molecular complexity index is 319. The Kier molecular flexibility index (Phi) is 4.32. The van der Waals surface area contributed by atoms with Gasteiger partial charge in [-0.15, -0.1) is 11.3 Å². The fourth-order valence-electron chi connectivity index (χ4n) is 1.82. The highest BCUT2D eigenvalue weighted by molar-refractivity contribution is 7.09. The molecule has 1 atom stereocenters. The molecule has 2 heterocycles. The molecule has 0 unspecified atom stereocenters. The van der Waals surface area contributed by atoms with Crippen LogP contribution in [0.1, 0.15) is 43.3 Å². The summed E-state index contributed by atoms with van der Waals surface area (Å²) in [5.41, 5.74) is 1.08. The first-order chi connectivity index (χ1) is 7.75. The fourth-order valence-corrected chi connectivity index (χ4v) is 2.64. The maximum atomic E-state index is 5.84. The minimum absolute atomic E-state index is 0.373. The molecule has 0 aromatic carbocycles. The molecule has 16 heavy (non-hydrogen) atoms. The van der Waals surface area contributed by atoms with Gasteiger partial charge in [0.15, 0.2) is 0 Å². The van der Waals surface area contributed by atoms with E-state index in [9.17, 15) is 0 Å². The topological polar surface area (TPSA) is 34.1 Å². The van der Waals surface area contributed by atoms with Crippen LogP contribution in [-0.4, -0.2) is 24.2 Å². The Morgan fingerprint density at radius 3 is 3.12 bits per heavy atom. The van der Waals surface area contributed by atoms with E-state index in [4.69, 9.17) is 4.74 Å². The number of aromatic nitrogens is 1. The molecule has 1 saturated heterocycles. The van der Waals surface area contributed by atoms with Crippen molar-refractivity contribution in [2.75, 3.05) is 13.1 Å². The van der Waals surface area contributed by atoms with Gasteiger partial charge in [0.05, 0.1) is 23.4 Å². The van der Waals surface area contributed by atoms with Crippen LogP contribution in [0.15, 0.2) is 5.38 Å². The highest BCUT2D eigenvalue weighted by Crippen LogP contribution is 2.20. The lowest BCUT2D eigenvalue weighted by atomic mass is 10.1. The lowest BCUT2D eigenvalue weighted by Crippen LogP contribution is -2.35. The van der Waals surface area contributed by atoms with E-state index >= 15 is 0 Å². The maximum absolute atomic E-state index is 5.84. The Labute approximate surface area is 101 Å². The van der Waals surface area contributed by atoms with E-state index in [1.165, 1.54) is 17.8 Å². The third-order valence-electron chi connectivity index (χ3n) is 2.78. The van der Waals surface area contributed by atoms with Crippen LogP contribution in [0.5, 0.6) is 0 Å². The smallest absolute Gasteiger partial charge is 0.0954 e. The maximum Gasteiger partial charge on any atom is 0.0954 e. The van der Waals surface area contributed by atoms with Gasteiger partial charge in [-0.2, -0.15) is 0 Å².